The molecule has 2 rings (SSSR count). The highest BCUT2D eigenvalue weighted by Gasteiger charge is 2.15. The van der Waals surface area contributed by atoms with Crippen LogP contribution in [0.5, 0.6) is 0 Å². The summed E-state index contributed by atoms with van der Waals surface area (Å²) in [5.41, 5.74) is 1.71. The van der Waals surface area contributed by atoms with Gasteiger partial charge in [-0.3, -0.25) is 4.79 Å². The number of anilines is 2. The molecule has 0 fully saturated rings. The van der Waals surface area contributed by atoms with E-state index in [2.05, 4.69) is 31.7 Å². The summed E-state index contributed by atoms with van der Waals surface area (Å²) in [5.74, 6) is 2.90. The Bertz CT molecular complexity index is 643. The van der Waals surface area contributed by atoms with Gasteiger partial charge in [0.2, 0.25) is 0 Å². The number of benzene rings is 1. The Morgan fingerprint density at radius 3 is 2.50 bits per heavy atom. The lowest BCUT2D eigenvalue weighted by atomic mass is 10.2. The van der Waals surface area contributed by atoms with Crippen LogP contribution in [0.4, 0.5) is 20.3 Å². The fraction of sp³-hybridized carbons (Fsp3) is 0. The van der Waals surface area contributed by atoms with Crippen LogP contribution in [-0.4, -0.2) is 10.9 Å². The molecule has 0 unspecified atom stereocenters. The molecule has 1 aromatic carbocycles. The van der Waals surface area contributed by atoms with E-state index >= 15 is 0 Å². The lowest BCUT2D eigenvalue weighted by Gasteiger charge is -2.08. The van der Waals surface area contributed by atoms with Crippen LogP contribution in [0.25, 0.3) is 0 Å². The van der Waals surface area contributed by atoms with Crippen LogP contribution >= 0.6 is 15.9 Å². The zero-order valence-electron chi connectivity index (χ0n) is 9.95. The molecule has 1 amide bonds. The minimum Gasteiger partial charge on any atom is -0.316 e. The summed E-state index contributed by atoms with van der Waals surface area (Å²) < 4.78 is 27.4. The number of hydrazine groups is 1. The number of carbonyl (C=O) groups excluding carboxylic acids is 1. The summed E-state index contributed by atoms with van der Waals surface area (Å²) in [4.78, 5) is 15.7. The molecule has 0 aliphatic heterocycles. The number of hydrogen-bond donors (Lipinski definition) is 3. The third-order valence-electron chi connectivity index (χ3n) is 2.38. The van der Waals surface area contributed by atoms with Crippen molar-refractivity contribution in [1.29, 1.82) is 0 Å². The number of carbonyl (C=O) groups is 1. The number of nitrogens with two attached hydrogens (primary N) is 1. The van der Waals surface area contributed by atoms with Crippen molar-refractivity contribution >= 4 is 33.3 Å². The minimum atomic E-state index is -0.890. The third kappa shape index (κ3) is 3.09. The molecule has 0 radical (unpaired) electrons. The Morgan fingerprint density at radius 2 is 1.90 bits per heavy atom. The van der Waals surface area contributed by atoms with E-state index < -0.39 is 23.2 Å². The van der Waals surface area contributed by atoms with E-state index in [0.29, 0.717) is 0 Å². The van der Waals surface area contributed by atoms with Crippen LogP contribution in [0.3, 0.4) is 0 Å². The fourth-order valence-corrected chi connectivity index (χ4v) is 1.88. The normalized spacial score (nSPS) is 10.2. The zero-order chi connectivity index (χ0) is 14.7. The van der Waals surface area contributed by atoms with Gasteiger partial charge in [0.05, 0.1) is 0 Å². The van der Waals surface area contributed by atoms with E-state index in [1.807, 2.05) is 0 Å². The summed E-state index contributed by atoms with van der Waals surface area (Å²) in [5, 5.41) is 2.13. The number of pyridine rings is 1. The number of nitrogens with one attached hydrogen (secondary N) is 2. The van der Waals surface area contributed by atoms with E-state index in [1.165, 1.54) is 18.2 Å². The van der Waals surface area contributed by atoms with Crippen molar-refractivity contribution in [3.05, 3.63) is 52.1 Å². The monoisotopic (exact) mass is 342 g/mol. The Labute approximate surface area is 121 Å². The molecule has 5 nitrogen and oxygen atoms in total. The number of aromatic nitrogens is 1. The van der Waals surface area contributed by atoms with Crippen LogP contribution in [0, 0.1) is 11.6 Å². The molecular formula is C12H9BrF2N4O. The molecule has 0 saturated heterocycles. The molecule has 1 heterocycles. The Balaban J connectivity index is 2.28. The van der Waals surface area contributed by atoms with Crippen LogP contribution in [-0.2, 0) is 0 Å². The van der Waals surface area contributed by atoms with Crippen LogP contribution in [0.1, 0.15) is 10.5 Å². The summed E-state index contributed by atoms with van der Waals surface area (Å²) in [6.07, 6.45) is 0. The molecule has 8 heteroatoms. The second-order valence-corrected chi connectivity index (χ2v) is 4.67. The lowest BCUT2D eigenvalue weighted by molar-refractivity contribution is 0.102. The van der Waals surface area contributed by atoms with Crippen molar-refractivity contribution < 1.29 is 13.6 Å². The van der Waals surface area contributed by atoms with Gasteiger partial charge < -0.3 is 10.7 Å². The molecule has 1 aromatic heterocycles. The standard InChI is InChI=1S/C12H9BrF2N4O/c13-6-4-7(14)11(8(15)5-6)18-12(20)9-2-1-3-10(17-9)19-16/h1-5H,16H2,(H,17,19)(H,18,20). The second kappa shape index (κ2) is 5.93. The van der Waals surface area contributed by atoms with Gasteiger partial charge in [0, 0.05) is 4.47 Å². The molecule has 4 N–H and O–H groups in total. The largest absolute Gasteiger partial charge is 0.316 e. The molecule has 0 bridgehead atoms. The lowest BCUT2D eigenvalue weighted by Crippen LogP contribution is -2.17. The number of nitrogens with zero attached hydrogens (tertiary/aromatic N) is 1. The Kier molecular flexibility index (Phi) is 4.26. The van der Waals surface area contributed by atoms with Crippen LogP contribution in [0.15, 0.2) is 34.8 Å². The van der Waals surface area contributed by atoms with Crippen molar-refractivity contribution in [1.82, 2.24) is 4.98 Å². The van der Waals surface area contributed by atoms with Gasteiger partial charge in [-0.2, -0.15) is 0 Å². The Hall–Kier alpha value is -2.06. The molecule has 2 aromatic rings. The fourth-order valence-electron chi connectivity index (χ4n) is 1.48. The summed E-state index contributed by atoms with van der Waals surface area (Å²) >= 11 is 2.95. The van der Waals surface area contributed by atoms with E-state index in [-0.39, 0.29) is 16.0 Å². The molecule has 0 spiro atoms. The SMILES string of the molecule is NNc1cccc(C(=O)Nc2c(F)cc(Br)cc2F)n1. The van der Waals surface area contributed by atoms with E-state index in [4.69, 9.17) is 5.84 Å². The topological polar surface area (TPSA) is 80.0 Å². The van der Waals surface area contributed by atoms with E-state index in [0.717, 1.165) is 12.1 Å². The second-order valence-electron chi connectivity index (χ2n) is 3.75. The number of nitrogen functional groups attached to an aromatic ring is 1. The average Bonchev–Trinajstić information content (AvgIpc) is 2.42. The number of halogens is 3. The van der Waals surface area contributed by atoms with Crippen molar-refractivity contribution in [3.8, 4) is 0 Å². The highest BCUT2D eigenvalue weighted by atomic mass is 79.9. The molecular weight excluding hydrogens is 334 g/mol. The minimum absolute atomic E-state index is 0.0258. The van der Waals surface area contributed by atoms with Gasteiger partial charge in [-0.05, 0) is 24.3 Å². The number of rotatable bonds is 3. The van der Waals surface area contributed by atoms with E-state index in [9.17, 15) is 13.6 Å². The quantitative estimate of drug-likeness (QED) is 0.591. The molecule has 0 aliphatic carbocycles. The Morgan fingerprint density at radius 1 is 1.25 bits per heavy atom. The van der Waals surface area contributed by atoms with Crippen molar-refractivity contribution in [2.24, 2.45) is 5.84 Å². The van der Waals surface area contributed by atoms with Crippen molar-refractivity contribution in [2.45, 2.75) is 0 Å². The zero-order valence-corrected chi connectivity index (χ0v) is 11.5. The van der Waals surface area contributed by atoms with E-state index in [1.54, 1.807) is 0 Å². The molecule has 0 saturated carbocycles. The van der Waals surface area contributed by atoms with Crippen molar-refractivity contribution in [3.63, 3.8) is 0 Å². The van der Waals surface area contributed by atoms with Gasteiger partial charge in [-0.25, -0.2) is 19.6 Å². The highest BCUT2D eigenvalue weighted by molar-refractivity contribution is 9.10. The first-order valence-electron chi connectivity index (χ1n) is 5.41. The molecule has 0 aliphatic rings. The van der Waals surface area contributed by atoms with Gasteiger partial charge in [-0.1, -0.05) is 22.0 Å². The smallest absolute Gasteiger partial charge is 0.274 e. The first kappa shape index (κ1) is 14.4. The number of amides is 1. The predicted molar refractivity (Wildman–Crippen MR) is 74.1 cm³/mol. The maximum absolute atomic E-state index is 13.6. The molecule has 104 valence electrons. The molecule has 0 atom stereocenters. The first-order chi connectivity index (χ1) is 9.51. The average molecular weight is 343 g/mol. The van der Waals surface area contributed by atoms with Gasteiger partial charge in [-0.15, -0.1) is 0 Å². The van der Waals surface area contributed by atoms with Crippen LogP contribution < -0.4 is 16.6 Å². The van der Waals surface area contributed by atoms with Crippen LogP contribution in [0.2, 0.25) is 0 Å². The third-order valence-corrected chi connectivity index (χ3v) is 2.83. The predicted octanol–water partition coefficient (Wildman–Crippen LogP) is 2.66. The van der Waals surface area contributed by atoms with Gasteiger partial charge in [0.1, 0.15) is 17.2 Å². The van der Waals surface area contributed by atoms with Crippen molar-refractivity contribution in [2.75, 3.05) is 10.7 Å². The highest BCUT2D eigenvalue weighted by Crippen LogP contribution is 2.24. The maximum atomic E-state index is 13.6. The number of hydrogen-bond acceptors (Lipinski definition) is 4. The first-order valence-corrected chi connectivity index (χ1v) is 6.20. The summed E-state index contributed by atoms with van der Waals surface area (Å²) in [6, 6.07) is 6.56. The molecule has 20 heavy (non-hydrogen) atoms. The summed E-state index contributed by atoms with van der Waals surface area (Å²) in [7, 11) is 0. The summed E-state index contributed by atoms with van der Waals surface area (Å²) in [6.45, 7) is 0. The van der Waals surface area contributed by atoms with Gasteiger partial charge >= 0.3 is 0 Å². The maximum Gasteiger partial charge on any atom is 0.274 e. The van der Waals surface area contributed by atoms with Gasteiger partial charge in [0.15, 0.2) is 11.6 Å². The van der Waals surface area contributed by atoms with Gasteiger partial charge in [0.25, 0.3) is 5.91 Å².